The smallest absolute Gasteiger partial charge is 0.0107 e. The monoisotopic (exact) mass is 176 g/mol. The van der Waals surface area contributed by atoms with E-state index in [4.69, 9.17) is 0 Å². The van der Waals surface area contributed by atoms with Crippen LogP contribution < -0.4 is 0 Å². The second kappa shape index (κ2) is 3.01. The van der Waals surface area contributed by atoms with Crippen molar-refractivity contribution in [3.63, 3.8) is 0 Å². The quantitative estimate of drug-likeness (QED) is 0.521. The summed E-state index contributed by atoms with van der Waals surface area (Å²) in [6.07, 6.45) is 9.02. The minimum absolute atomic E-state index is 0.527. The molecule has 0 aromatic heterocycles. The molecular formula is C13H20. The highest BCUT2D eigenvalue weighted by Crippen LogP contribution is 2.49. The van der Waals surface area contributed by atoms with Crippen molar-refractivity contribution in [1.29, 1.82) is 0 Å². The normalized spacial score (nSPS) is 39.7. The minimum Gasteiger partial charge on any atom is -0.0958 e. The van der Waals surface area contributed by atoms with Crippen LogP contribution in [0.25, 0.3) is 0 Å². The van der Waals surface area contributed by atoms with Crippen LogP contribution in [-0.2, 0) is 0 Å². The zero-order valence-electron chi connectivity index (χ0n) is 8.90. The highest BCUT2D eigenvalue weighted by Gasteiger charge is 2.35. The maximum absolute atomic E-state index is 4.08. The van der Waals surface area contributed by atoms with E-state index in [2.05, 4.69) is 26.5 Å². The second-order valence-corrected chi connectivity index (χ2v) is 5.24. The first-order valence-corrected chi connectivity index (χ1v) is 5.49. The van der Waals surface area contributed by atoms with Gasteiger partial charge in [-0.25, -0.2) is 0 Å². The van der Waals surface area contributed by atoms with E-state index in [1.807, 2.05) is 0 Å². The fourth-order valence-corrected chi connectivity index (χ4v) is 2.97. The van der Waals surface area contributed by atoms with Gasteiger partial charge in [0.2, 0.25) is 0 Å². The Morgan fingerprint density at radius 2 is 2.23 bits per heavy atom. The van der Waals surface area contributed by atoms with Gasteiger partial charge >= 0.3 is 0 Å². The summed E-state index contributed by atoms with van der Waals surface area (Å²) >= 11 is 0. The molecule has 0 aliphatic heterocycles. The molecule has 0 saturated heterocycles. The van der Waals surface area contributed by atoms with E-state index in [1.54, 1.807) is 5.57 Å². The van der Waals surface area contributed by atoms with Gasteiger partial charge in [0.05, 0.1) is 0 Å². The lowest BCUT2D eigenvalue weighted by Crippen LogP contribution is -2.29. The third kappa shape index (κ3) is 1.59. The van der Waals surface area contributed by atoms with E-state index in [1.165, 1.54) is 37.7 Å². The van der Waals surface area contributed by atoms with Crippen LogP contribution in [-0.4, -0.2) is 0 Å². The van der Waals surface area contributed by atoms with Crippen LogP contribution in [0.2, 0.25) is 0 Å². The molecule has 0 aromatic rings. The topological polar surface area (TPSA) is 0 Å². The molecule has 1 fully saturated rings. The summed E-state index contributed by atoms with van der Waals surface area (Å²) in [6.45, 7) is 8.92. The summed E-state index contributed by atoms with van der Waals surface area (Å²) in [5.74, 6) is 0.925. The maximum Gasteiger partial charge on any atom is -0.0107 e. The van der Waals surface area contributed by atoms with E-state index in [-0.39, 0.29) is 0 Å². The first kappa shape index (κ1) is 9.05. The largest absolute Gasteiger partial charge is 0.0958 e. The molecule has 1 saturated carbocycles. The summed E-state index contributed by atoms with van der Waals surface area (Å²) in [6, 6.07) is 0. The lowest BCUT2D eigenvalue weighted by Gasteiger charge is -2.42. The van der Waals surface area contributed by atoms with Crippen LogP contribution in [0, 0.1) is 11.3 Å². The van der Waals surface area contributed by atoms with Crippen molar-refractivity contribution in [1.82, 2.24) is 0 Å². The summed E-state index contributed by atoms with van der Waals surface area (Å²) < 4.78 is 0. The predicted molar refractivity (Wildman–Crippen MR) is 57.6 cm³/mol. The van der Waals surface area contributed by atoms with Gasteiger partial charge in [0.15, 0.2) is 0 Å². The van der Waals surface area contributed by atoms with Crippen LogP contribution in [0.5, 0.6) is 0 Å². The number of fused-ring (bicyclic) bond motifs is 1. The van der Waals surface area contributed by atoms with Gasteiger partial charge in [-0.1, -0.05) is 37.6 Å². The third-order valence-electron chi connectivity index (χ3n) is 3.86. The van der Waals surface area contributed by atoms with Gasteiger partial charge < -0.3 is 0 Å². The maximum atomic E-state index is 4.08. The van der Waals surface area contributed by atoms with Crippen LogP contribution in [0.15, 0.2) is 23.8 Å². The van der Waals surface area contributed by atoms with Crippen molar-refractivity contribution in [3.8, 4) is 0 Å². The number of allylic oxidation sites excluding steroid dienone is 3. The standard InChI is InChI=1S/C13H20/c1-10-6-7-13(3)9-11(2)4-5-12(13)8-10/h8,11H,1,4-7,9H2,2-3H3. The summed E-state index contributed by atoms with van der Waals surface area (Å²) in [4.78, 5) is 0. The number of hydrogen-bond donors (Lipinski definition) is 0. The SMILES string of the molecule is C=C1C=C2CCC(C)CC2(C)CC1. The summed E-state index contributed by atoms with van der Waals surface area (Å²) in [5.41, 5.74) is 3.56. The highest BCUT2D eigenvalue weighted by molar-refractivity contribution is 5.31. The molecule has 0 aromatic carbocycles. The Bertz CT molecular complexity index is 259. The molecule has 0 nitrogen and oxygen atoms in total. The van der Waals surface area contributed by atoms with Crippen molar-refractivity contribution in [3.05, 3.63) is 23.8 Å². The van der Waals surface area contributed by atoms with Crippen molar-refractivity contribution < 1.29 is 0 Å². The van der Waals surface area contributed by atoms with Gasteiger partial charge in [0.25, 0.3) is 0 Å². The van der Waals surface area contributed by atoms with Crippen LogP contribution in [0.1, 0.15) is 46.0 Å². The van der Waals surface area contributed by atoms with Crippen LogP contribution >= 0.6 is 0 Å². The Hall–Kier alpha value is -0.520. The molecule has 72 valence electrons. The van der Waals surface area contributed by atoms with Crippen molar-refractivity contribution in [2.45, 2.75) is 46.0 Å². The van der Waals surface area contributed by atoms with Gasteiger partial charge in [-0.05, 0) is 43.4 Å². The fourth-order valence-electron chi connectivity index (χ4n) is 2.97. The minimum atomic E-state index is 0.527. The number of rotatable bonds is 0. The zero-order valence-corrected chi connectivity index (χ0v) is 8.90. The molecule has 0 spiro atoms. The number of hydrogen-bond acceptors (Lipinski definition) is 0. The molecule has 13 heavy (non-hydrogen) atoms. The van der Waals surface area contributed by atoms with E-state index >= 15 is 0 Å². The van der Waals surface area contributed by atoms with Crippen molar-refractivity contribution in [2.75, 3.05) is 0 Å². The van der Waals surface area contributed by atoms with Gasteiger partial charge in [0.1, 0.15) is 0 Å². The lowest BCUT2D eigenvalue weighted by molar-refractivity contribution is 0.221. The molecular weight excluding hydrogens is 156 g/mol. The average Bonchev–Trinajstić information content (AvgIpc) is 2.06. The molecule has 0 amide bonds. The summed E-state index contributed by atoms with van der Waals surface area (Å²) in [5, 5.41) is 0. The zero-order chi connectivity index (χ0) is 9.47. The first-order valence-electron chi connectivity index (χ1n) is 5.49. The molecule has 2 aliphatic carbocycles. The molecule has 2 atom stereocenters. The van der Waals surface area contributed by atoms with Gasteiger partial charge in [-0.15, -0.1) is 0 Å². The molecule has 0 N–H and O–H groups in total. The highest BCUT2D eigenvalue weighted by atomic mass is 14.4. The predicted octanol–water partition coefficient (Wildman–Crippen LogP) is 4.09. The Morgan fingerprint density at radius 1 is 1.46 bits per heavy atom. The second-order valence-electron chi connectivity index (χ2n) is 5.24. The lowest BCUT2D eigenvalue weighted by atomic mass is 9.63. The molecule has 0 heteroatoms. The molecule has 0 heterocycles. The molecule has 0 bridgehead atoms. The Kier molecular flexibility index (Phi) is 2.09. The van der Waals surface area contributed by atoms with E-state index in [0.717, 1.165) is 5.92 Å². The van der Waals surface area contributed by atoms with Gasteiger partial charge in [-0.3, -0.25) is 0 Å². The van der Waals surface area contributed by atoms with E-state index < -0.39 is 0 Å². The first-order chi connectivity index (χ1) is 6.10. The Morgan fingerprint density at radius 3 is 3.00 bits per heavy atom. The third-order valence-corrected chi connectivity index (χ3v) is 3.86. The molecule has 2 rings (SSSR count). The Labute approximate surface area is 81.7 Å². The fraction of sp³-hybridized carbons (Fsp3) is 0.692. The van der Waals surface area contributed by atoms with Crippen LogP contribution in [0.3, 0.4) is 0 Å². The van der Waals surface area contributed by atoms with Crippen LogP contribution in [0.4, 0.5) is 0 Å². The summed E-state index contributed by atoms with van der Waals surface area (Å²) in [7, 11) is 0. The molecule has 2 aliphatic rings. The molecule has 2 unspecified atom stereocenters. The van der Waals surface area contributed by atoms with Gasteiger partial charge in [-0.2, -0.15) is 0 Å². The van der Waals surface area contributed by atoms with E-state index in [0.29, 0.717) is 5.41 Å². The Balaban J connectivity index is 2.26. The van der Waals surface area contributed by atoms with Gasteiger partial charge in [0, 0.05) is 0 Å². The van der Waals surface area contributed by atoms with Crippen molar-refractivity contribution in [2.24, 2.45) is 11.3 Å². The van der Waals surface area contributed by atoms with Crippen molar-refractivity contribution >= 4 is 0 Å². The van der Waals surface area contributed by atoms with E-state index in [9.17, 15) is 0 Å². The average molecular weight is 176 g/mol. The molecule has 0 radical (unpaired) electrons.